The summed E-state index contributed by atoms with van der Waals surface area (Å²) in [5, 5.41) is 0. The smallest absolute Gasteiger partial charge is 0.158 e. The zero-order chi connectivity index (χ0) is 8.97. The summed E-state index contributed by atoms with van der Waals surface area (Å²) in [6.07, 6.45) is 7.99. The number of carbonyl (C=O) groups excluding carboxylic acids is 1. The fourth-order valence-electron chi connectivity index (χ4n) is 0.856. The van der Waals surface area contributed by atoms with Gasteiger partial charge in [-0.1, -0.05) is 19.9 Å². The molecule has 0 unspecified atom stereocenters. The SMILES string of the molecule is CC(C)C(=O)/C=C/C1=NC=CC1. The lowest BCUT2D eigenvalue weighted by Gasteiger charge is -1.95. The summed E-state index contributed by atoms with van der Waals surface area (Å²) in [7, 11) is 0. The molecule has 0 amide bonds. The number of nitrogens with zero attached hydrogens (tertiary/aromatic N) is 1. The molecule has 0 aromatic rings. The van der Waals surface area contributed by atoms with E-state index in [1.807, 2.05) is 19.9 Å². The molecule has 0 radical (unpaired) electrons. The maximum absolute atomic E-state index is 11.1. The van der Waals surface area contributed by atoms with E-state index in [1.54, 1.807) is 18.4 Å². The largest absolute Gasteiger partial charge is 0.295 e. The Labute approximate surface area is 72.7 Å². The Hall–Kier alpha value is -1.18. The van der Waals surface area contributed by atoms with Gasteiger partial charge in [-0.2, -0.15) is 0 Å². The molecule has 1 aliphatic rings. The minimum atomic E-state index is 0.0798. The molecule has 0 fully saturated rings. The first-order chi connectivity index (χ1) is 5.70. The van der Waals surface area contributed by atoms with Crippen molar-refractivity contribution in [1.82, 2.24) is 0 Å². The minimum absolute atomic E-state index is 0.0798. The molecule has 0 bridgehead atoms. The number of hydrogen-bond acceptors (Lipinski definition) is 2. The van der Waals surface area contributed by atoms with Crippen LogP contribution in [-0.2, 0) is 4.79 Å². The zero-order valence-electron chi connectivity index (χ0n) is 7.45. The van der Waals surface area contributed by atoms with Crippen LogP contribution in [-0.4, -0.2) is 11.5 Å². The highest BCUT2D eigenvalue weighted by Gasteiger charge is 2.02. The van der Waals surface area contributed by atoms with Crippen LogP contribution in [0.25, 0.3) is 0 Å². The quantitative estimate of drug-likeness (QED) is 0.586. The number of allylic oxidation sites excluding steroid dienone is 3. The van der Waals surface area contributed by atoms with Crippen molar-refractivity contribution in [3.8, 4) is 0 Å². The molecule has 1 rings (SSSR count). The van der Waals surface area contributed by atoms with E-state index in [1.165, 1.54) is 0 Å². The average molecular weight is 163 g/mol. The number of ketones is 1. The lowest BCUT2D eigenvalue weighted by Crippen LogP contribution is -2.03. The summed E-state index contributed by atoms with van der Waals surface area (Å²) in [5.74, 6) is 0.237. The molecule has 0 saturated heterocycles. The molecule has 0 aromatic carbocycles. The van der Waals surface area contributed by atoms with Gasteiger partial charge < -0.3 is 0 Å². The molecule has 0 aliphatic carbocycles. The number of hydrogen-bond donors (Lipinski definition) is 0. The van der Waals surface area contributed by atoms with Crippen LogP contribution in [0.2, 0.25) is 0 Å². The van der Waals surface area contributed by atoms with Crippen LogP contribution < -0.4 is 0 Å². The normalized spacial score (nSPS) is 16.1. The topological polar surface area (TPSA) is 29.4 Å². The molecular weight excluding hydrogens is 150 g/mol. The van der Waals surface area contributed by atoms with Crippen molar-refractivity contribution in [2.75, 3.05) is 0 Å². The summed E-state index contributed by atoms with van der Waals surface area (Å²) in [4.78, 5) is 15.2. The van der Waals surface area contributed by atoms with E-state index >= 15 is 0 Å². The molecule has 0 saturated carbocycles. The third kappa shape index (κ3) is 2.46. The molecule has 2 nitrogen and oxygen atoms in total. The van der Waals surface area contributed by atoms with Crippen molar-refractivity contribution in [1.29, 1.82) is 0 Å². The highest BCUT2D eigenvalue weighted by Crippen LogP contribution is 2.02. The summed E-state index contributed by atoms with van der Waals surface area (Å²) in [6, 6.07) is 0. The van der Waals surface area contributed by atoms with Crippen LogP contribution in [0.4, 0.5) is 0 Å². The Morgan fingerprint density at radius 1 is 1.67 bits per heavy atom. The molecule has 12 heavy (non-hydrogen) atoms. The van der Waals surface area contributed by atoms with Crippen LogP contribution in [0.3, 0.4) is 0 Å². The van der Waals surface area contributed by atoms with E-state index in [4.69, 9.17) is 0 Å². The Balaban J connectivity index is 2.45. The number of aliphatic imine (C=N–C) groups is 1. The van der Waals surface area contributed by atoms with Crippen molar-refractivity contribution < 1.29 is 4.79 Å². The lowest BCUT2D eigenvalue weighted by atomic mass is 10.1. The van der Waals surface area contributed by atoms with Gasteiger partial charge in [0.2, 0.25) is 0 Å². The third-order valence-corrected chi connectivity index (χ3v) is 1.68. The number of rotatable bonds is 3. The van der Waals surface area contributed by atoms with Crippen molar-refractivity contribution in [3.63, 3.8) is 0 Å². The van der Waals surface area contributed by atoms with Crippen molar-refractivity contribution in [2.45, 2.75) is 20.3 Å². The van der Waals surface area contributed by atoms with Gasteiger partial charge in [-0.05, 0) is 12.2 Å². The first-order valence-electron chi connectivity index (χ1n) is 4.14. The summed E-state index contributed by atoms with van der Waals surface area (Å²) in [5.41, 5.74) is 0.962. The standard InChI is InChI=1S/C10H13NO/c1-8(2)10(12)6-5-9-4-3-7-11-9/h3,5-8H,4H2,1-2H3/b6-5+. The fraction of sp³-hybridized carbons (Fsp3) is 0.400. The predicted octanol–water partition coefficient (Wildman–Crippen LogP) is 2.13. The van der Waals surface area contributed by atoms with Gasteiger partial charge in [-0.25, -0.2) is 0 Å². The van der Waals surface area contributed by atoms with Crippen LogP contribution in [0, 0.1) is 5.92 Å². The highest BCUT2D eigenvalue weighted by molar-refractivity contribution is 6.03. The van der Waals surface area contributed by atoms with Gasteiger partial charge in [0.05, 0.1) is 0 Å². The van der Waals surface area contributed by atoms with E-state index in [0.717, 1.165) is 12.1 Å². The van der Waals surface area contributed by atoms with Gasteiger partial charge in [0, 0.05) is 24.3 Å². The third-order valence-electron chi connectivity index (χ3n) is 1.68. The van der Waals surface area contributed by atoms with Gasteiger partial charge in [-0.3, -0.25) is 9.79 Å². The minimum Gasteiger partial charge on any atom is -0.295 e. The van der Waals surface area contributed by atoms with Crippen LogP contribution >= 0.6 is 0 Å². The first kappa shape index (κ1) is 8.91. The molecule has 0 aromatic heterocycles. The van der Waals surface area contributed by atoms with Gasteiger partial charge in [0.1, 0.15) is 0 Å². The first-order valence-corrected chi connectivity index (χ1v) is 4.14. The molecule has 64 valence electrons. The Bertz CT molecular complexity index is 259. The van der Waals surface area contributed by atoms with Gasteiger partial charge >= 0.3 is 0 Å². The monoisotopic (exact) mass is 163 g/mol. The zero-order valence-corrected chi connectivity index (χ0v) is 7.45. The van der Waals surface area contributed by atoms with Gasteiger partial charge in [0.25, 0.3) is 0 Å². The molecule has 0 spiro atoms. The summed E-state index contributed by atoms with van der Waals surface area (Å²) < 4.78 is 0. The van der Waals surface area contributed by atoms with Crippen LogP contribution in [0.1, 0.15) is 20.3 Å². The second kappa shape index (κ2) is 4.00. The van der Waals surface area contributed by atoms with Crippen molar-refractivity contribution in [2.24, 2.45) is 10.9 Å². The van der Waals surface area contributed by atoms with Crippen LogP contribution in [0.5, 0.6) is 0 Å². The summed E-state index contributed by atoms with van der Waals surface area (Å²) >= 11 is 0. The summed E-state index contributed by atoms with van der Waals surface area (Å²) in [6.45, 7) is 3.78. The Morgan fingerprint density at radius 3 is 2.92 bits per heavy atom. The van der Waals surface area contributed by atoms with Gasteiger partial charge in [-0.15, -0.1) is 0 Å². The van der Waals surface area contributed by atoms with E-state index in [9.17, 15) is 4.79 Å². The molecule has 0 atom stereocenters. The maximum Gasteiger partial charge on any atom is 0.158 e. The molecule has 0 N–H and O–H groups in total. The van der Waals surface area contributed by atoms with Gasteiger partial charge in [0.15, 0.2) is 5.78 Å². The maximum atomic E-state index is 11.1. The van der Waals surface area contributed by atoms with Crippen molar-refractivity contribution in [3.05, 3.63) is 24.4 Å². The molecule has 1 heterocycles. The lowest BCUT2D eigenvalue weighted by molar-refractivity contribution is -0.117. The van der Waals surface area contributed by atoms with E-state index in [2.05, 4.69) is 4.99 Å². The second-order valence-corrected chi connectivity index (χ2v) is 3.10. The van der Waals surface area contributed by atoms with E-state index in [-0.39, 0.29) is 11.7 Å². The van der Waals surface area contributed by atoms with E-state index < -0.39 is 0 Å². The fourth-order valence-corrected chi connectivity index (χ4v) is 0.856. The van der Waals surface area contributed by atoms with Crippen molar-refractivity contribution >= 4 is 11.5 Å². The average Bonchev–Trinajstić information content (AvgIpc) is 2.51. The molecule has 1 aliphatic heterocycles. The highest BCUT2D eigenvalue weighted by atomic mass is 16.1. The second-order valence-electron chi connectivity index (χ2n) is 3.10. The molecular formula is C10H13NO. The Morgan fingerprint density at radius 2 is 2.42 bits per heavy atom. The van der Waals surface area contributed by atoms with E-state index in [0.29, 0.717) is 0 Å². The van der Waals surface area contributed by atoms with Crippen LogP contribution in [0.15, 0.2) is 29.4 Å². The number of carbonyl (C=O) groups is 1. The Kier molecular flexibility index (Phi) is 2.97. The predicted molar refractivity (Wildman–Crippen MR) is 50.2 cm³/mol. The molecule has 2 heteroatoms.